The molecule has 0 aliphatic heterocycles. The Balaban J connectivity index is 2.22. The van der Waals surface area contributed by atoms with Crippen molar-refractivity contribution in [3.8, 4) is 12.3 Å². The number of terminal acetylenes is 1. The Morgan fingerprint density at radius 2 is 2.36 bits per heavy atom. The van der Waals surface area contributed by atoms with Crippen molar-refractivity contribution in [3.05, 3.63) is 29.8 Å². The number of pyridine rings is 1. The van der Waals surface area contributed by atoms with Crippen molar-refractivity contribution in [3.63, 3.8) is 0 Å². The van der Waals surface area contributed by atoms with E-state index in [1.165, 1.54) is 12.3 Å². The molecule has 0 unspecified atom stereocenters. The van der Waals surface area contributed by atoms with Gasteiger partial charge >= 0.3 is 0 Å². The maximum absolute atomic E-state index is 12.7. The van der Waals surface area contributed by atoms with Gasteiger partial charge in [0.05, 0.1) is 6.20 Å². The third-order valence-electron chi connectivity index (χ3n) is 1.77. The summed E-state index contributed by atoms with van der Waals surface area (Å²) in [4.78, 5) is 3.75. The molecule has 0 fully saturated rings. The minimum Gasteiger partial charge on any atom is -0.313 e. The van der Waals surface area contributed by atoms with Crippen molar-refractivity contribution >= 4 is 0 Å². The lowest BCUT2D eigenvalue weighted by Gasteiger charge is -2.02. The highest BCUT2D eigenvalue weighted by Crippen LogP contribution is 1.99. The Bertz CT molecular complexity index is 317. The normalized spacial score (nSPS) is 9.71. The van der Waals surface area contributed by atoms with Gasteiger partial charge in [-0.05, 0) is 24.6 Å². The van der Waals surface area contributed by atoms with Gasteiger partial charge in [-0.2, -0.15) is 0 Å². The fourth-order valence-electron chi connectivity index (χ4n) is 1.10. The molecule has 2 nitrogen and oxygen atoms in total. The Morgan fingerprint density at radius 3 is 3.07 bits per heavy atom. The van der Waals surface area contributed by atoms with Crippen LogP contribution in [0.5, 0.6) is 0 Å². The van der Waals surface area contributed by atoms with Crippen molar-refractivity contribution in [2.24, 2.45) is 0 Å². The maximum atomic E-state index is 12.7. The zero-order valence-corrected chi connectivity index (χ0v) is 7.96. The quantitative estimate of drug-likeness (QED) is 0.567. The van der Waals surface area contributed by atoms with Crippen molar-refractivity contribution in [1.29, 1.82) is 0 Å². The molecule has 1 heterocycles. The van der Waals surface area contributed by atoms with Crippen molar-refractivity contribution in [1.82, 2.24) is 10.3 Å². The summed E-state index contributed by atoms with van der Waals surface area (Å²) in [5.74, 6) is 2.26. The van der Waals surface area contributed by atoms with Crippen molar-refractivity contribution in [2.75, 3.05) is 6.54 Å². The van der Waals surface area contributed by atoms with E-state index in [1.807, 2.05) is 0 Å². The number of nitrogens with zero attached hydrogens (tertiary/aromatic N) is 1. The monoisotopic (exact) mass is 192 g/mol. The molecule has 14 heavy (non-hydrogen) atoms. The number of hydrogen-bond acceptors (Lipinski definition) is 2. The van der Waals surface area contributed by atoms with Gasteiger partial charge in [0.2, 0.25) is 0 Å². The SMILES string of the molecule is C#CCCCNCc1cncc(F)c1. The molecule has 1 rings (SSSR count). The Morgan fingerprint density at radius 1 is 1.50 bits per heavy atom. The first kappa shape index (κ1) is 10.7. The second kappa shape index (κ2) is 6.11. The molecule has 0 amide bonds. The third kappa shape index (κ3) is 4.01. The first-order chi connectivity index (χ1) is 6.83. The highest BCUT2D eigenvalue weighted by molar-refractivity contribution is 5.09. The number of hydrogen-bond donors (Lipinski definition) is 1. The van der Waals surface area contributed by atoms with Crippen LogP contribution in [0, 0.1) is 18.2 Å². The first-order valence-corrected chi connectivity index (χ1v) is 4.56. The van der Waals surface area contributed by atoms with Gasteiger partial charge in [0.25, 0.3) is 0 Å². The van der Waals surface area contributed by atoms with E-state index < -0.39 is 0 Å². The number of unbranched alkanes of at least 4 members (excludes halogenated alkanes) is 1. The van der Waals surface area contributed by atoms with Crippen molar-refractivity contribution < 1.29 is 4.39 Å². The number of nitrogens with one attached hydrogen (secondary N) is 1. The van der Waals surface area contributed by atoms with Gasteiger partial charge in [0.15, 0.2) is 0 Å². The van der Waals surface area contributed by atoms with Crippen LogP contribution in [0.4, 0.5) is 4.39 Å². The Kier molecular flexibility index (Phi) is 4.66. The fourth-order valence-corrected chi connectivity index (χ4v) is 1.10. The average Bonchev–Trinajstić information content (AvgIpc) is 2.18. The lowest BCUT2D eigenvalue weighted by Crippen LogP contribution is -2.14. The van der Waals surface area contributed by atoms with E-state index in [1.54, 1.807) is 6.20 Å². The summed E-state index contributed by atoms with van der Waals surface area (Å²) in [7, 11) is 0. The minimum atomic E-state index is -0.298. The molecule has 1 N–H and O–H groups in total. The largest absolute Gasteiger partial charge is 0.313 e. The summed E-state index contributed by atoms with van der Waals surface area (Å²) < 4.78 is 12.7. The van der Waals surface area contributed by atoms with E-state index in [4.69, 9.17) is 6.42 Å². The molecule has 1 aromatic rings. The topological polar surface area (TPSA) is 24.9 Å². The van der Waals surface area contributed by atoms with Gasteiger partial charge in [0.1, 0.15) is 5.82 Å². The molecule has 74 valence electrons. The van der Waals surface area contributed by atoms with Gasteiger partial charge in [-0.1, -0.05) is 0 Å². The average molecular weight is 192 g/mol. The van der Waals surface area contributed by atoms with Gasteiger partial charge in [-0.15, -0.1) is 12.3 Å². The molecule has 1 aromatic heterocycles. The van der Waals surface area contributed by atoms with Crippen LogP contribution in [0.1, 0.15) is 18.4 Å². The molecule has 0 saturated carbocycles. The molecule has 3 heteroatoms. The summed E-state index contributed by atoms with van der Waals surface area (Å²) in [6.45, 7) is 1.48. The van der Waals surface area contributed by atoms with Crippen LogP contribution in [0.3, 0.4) is 0 Å². The lowest BCUT2D eigenvalue weighted by molar-refractivity contribution is 0.610. The van der Waals surface area contributed by atoms with Crippen LogP contribution in [-0.2, 0) is 6.54 Å². The molecular weight excluding hydrogens is 179 g/mol. The fraction of sp³-hybridized carbons (Fsp3) is 0.364. The Hall–Kier alpha value is -1.40. The maximum Gasteiger partial charge on any atom is 0.141 e. The molecule has 0 aromatic carbocycles. The van der Waals surface area contributed by atoms with Crippen LogP contribution >= 0.6 is 0 Å². The number of aromatic nitrogens is 1. The summed E-state index contributed by atoms with van der Waals surface area (Å²) >= 11 is 0. The number of rotatable bonds is 5. The predicted octanol–water partition coefficient (Wildman–Crippen LogP) is 1.72. The summed E-state index contributed by atoms with van der Waals surface area (Å²) in [6.07, 6.45) is 9.67. The molecule has 0 bridgehead atoms. The van der Waals surface area contributed by atoms with E-state index in [0.717, 1.165) is 24.9 Å². The van der Waals surface area contributed by atoms with E-state index >= 15 is 0 Å². The van der Waals surface area contributed by atoms with E-state index in [0.29, 0.717) is 6.54 Å². The molecule has 0 saturated heterocycles. The second-order valence-corrected chi connectivity index (χ2v) is 3.00. The van der Waals surface area contributed by atoms with Gasteiger partial charge in [-0.25, -0.2) is 4.39 Å². The van der Waals surface area contributed by atoms with Gasteiger partial charge in [-0.3, -0.25) is 4.98 Å². The molecule has 0 spiro atoms. The predicted molar refractivity (Wildman–Crippen MR) is 54.0 cm³/mol. The van der Waals surface area contributed by atoms with Crippen LogP contribution in [0.25, 0.3) is 0 Å². The zero-order valence-electron chi connectivity index (χ0n) is 7.96. The standard InChI is InChI=1S/C11H13FN2/c1-2-3-4-5-13-7-10-6-11(12)9-14-8-10/h1,6,8-9,13H,3-5,7H2. The molecule has 0 aliphatic carbocycles. The molecule has 0 atom stereocenters. The minimum absolute atomic E-state index is 0.298. The third-order valence-corrected chi connectivity index (χ3v) is 1.77. The van der Waals surface area contributed by atoms with Crippen LogP contribution in [0.15, 0.2) is 18.5 Å². The molecule has 0 aliphatic rings. The lowest BCUT2D eigenvalue weighted by atomic mass is 10.2. The molecule has 0 radical (unpaired) electrons. The summed E-state index contributed by atoms with van der Waals surface area (Å²) in [5, 5.41) is 3.16. The second-order valence-electron chi connectivity index (χ2n) is 3.00. The highest BCUT2D eigenvalue weighted by atomic mass is 19.1. The van der Waals surface area contributed by atoms with E-state index in [2.05, 4.69) is 16.2 Å². The summed E-state index contributed by atoms with van der Waals surface area (Å²) in [5.41, 5.74) is 0.853. The van der Waals surface area contributed by atoms with Gasteiger partial charge in [0, 0.05) is 19.2 Å². The smallest absolute Gasteiger partial charge is 0.141 e. The summed E-state index contributed by atoms with van der Waals surface area (Å²) in [6, 6.07) is 1.47. The first-order valence-electron chi connectivity index (χ1n) is 4.56. The van der Waals surface area contributed by atoms with Crippen LogP contribution < -0.4 is 5.32 Å². The van der Waals surface area contributed by atoms with Crippen molar-refractivity contribution in [2.45, 2.75) is 19.4 Å². The Labute approximate surface area is 83.6 Å². The zero-order chi connectivity index (χ0) is 10.2. The van der Waals surface area contributed by atoms with Gasteiger partial charge < -0.3 is 5.32 Å². The van der Waals surface area contributed by atoms with E-state index in [9.17, 15) is 4.39 Å². The van der Waals surface area contributed by atoms with Crippen LogP contribution in [-0.4, -0.2) is 11.5 Å². The highest BCUT2D eigenvalue weighted by Gasteiger charge is 1.94. The van der Waals surface area contributed by atoms with Crippen LogP contribution in [0.2, 0.25) is 0 Å². The van der Waals surface area contributed by atoms with E-state index in [-0.39, 0.29) is 5.82 Å². The number of halogens is 1. The molecular formula is C11H13FN2.